The summed E-state index contributed by atoms with van der Waals surface area (Å²) in [6.07, 6.45) is 3.26. The number of rotatable bonds is 4. The second-order valence-electron chi connectivity index (χ2n) is 7.62. The molecule has 2 N–H and O–H groups in total. The number of carbonyl (C=O) groups is 1. The summed E-state index contributed by atoms with van der Waals surface area (Å²) < 4.78 is 17.0. The number of nitrogens with two attached hydrogens (primary N) is 1. The van der Waals surface area contributed by atoms with Crippen LogP contribution in [0, 0.1) is 17.3 Å². The second kappa shape index (κ2) is 4.96. The van der Waals surface area contributed by atoms with Gasteiger partial charge in [-0.25, -0.2) is 0 Å². The van der Waals surface area contributed by atoms with E-state index in [2.05, 4.69) is 25.5 Å². The maximum Gasteiger partial charge on any atom is 0.475 e. The molecule has 1 unspecified atom stereocenters. The summed E-state index contributed by atoms with van der Waals surface area (Å²) in [7, 11) is 0.987. The molecule has 0 amide bonds. The zero-order valence-corrected chi connectivity index (χ0v) is 13.4. The van der Waals surface area contributed by atoms with E-state index in [4.69, 9.17) is 15.0 Å². The number of hydrogen-bond donors (Lipinski definition) is 1. The number of methoxy groups -OCH3 is 1. The Kier molecular flexibility index (Phi) is 3.62. The van der Waals surface area contributed by atoms with Crippen LogP contribution >= 0.6 is 0 Å². The first-order valence-electron chi connectivity index (χ1n) is 7.94. The average Bonchev–Trinajstić information content (AvgIpc) is 2.80. The highest BCUT2D eigenvalue weighted by atomic mass is 16.7. The summed E-state index contributed by atoms with van der Waals surface area (Å²) in [5, 5.41) is 0. The molecule has 2 bridgehead atoms. The Hall–Kier alpha value is -0.585. The van der Waals surface area contributed by atoms with Crippen molar-refractivity contribution in [2.45, 2.75) is 64.1 Å². The van der Waals surface area contributed by atoms with Gasteiger partial charge in [0.15, 0.2) is 0 Å². The van der Waals surface area contributed by atoms with Crippen LogP contribution in [0.3, 0.4) is 0 Å². The van der Waals surface area contributed by atoms with Crippen LogP contribution in [0.15, 0.2) is 0 Å². The minimum absolute atomic E-state index is 0.142. The molecule has 1 heterocycles. The van der Waals surface area contributed by atoms with Gasteiger partial charge in [-0.1, -0.05) is 13.8 Å². The summed E-state index contributed by atoms with van der Waals surface area (Å²) in [5.74, 6) is 0.739. The van der Waals surface area contributed by atoms with Crippen molar-refractivity contribution >= 4 is 13.1 Å². The molecule has 0 radical (unpaired) electrons. The number of esters is 1. The van der Waals surface area contributed by atoms with E-state index < -0.39 is 7.12 Å². The average molecular weight is 295 g/mol. The lowest BCUT2D eigenvalue weighted by molar-refractivity contribution is -0.199. The third-order valence-electron chi connectivity index (χ3n) is 6.23. The molecule has 1 saturated heterocycles. The van der Waals surface area contributed by atoms with Gasteiger partial charge in [-0.05, 0) is 43.4 Å². The van der Waals surface area contributed by atoms with Gasteiger partial charge in [-0.2, -0.15) is 0 Å². The smallest absolute Gasteiger partial charge is 0.469 e. The molecule has 0 spiro atoms. The highest BCUT2D eigenvalue weighted by Gasteiger charge is 2.68. The monoisotopic (exact) mass is 295 g/mol. The van der Waals surface area contributed by atoms with Gasteiger partial charge in [0.05, 0.1) is 18.8 Å². The third kappa shape index (κ3) is 2.23. The van der Waals surface area contributed by atoms with Gasteiger partial charge in [-0.3, -0.25) is 4.79 Å². The molecule has 3 aliphatic carbocycles. The van der Waals surface area contributed by atoms with Crippen molar-refractivity contribution in [1.82, 2.24) is 0 Å². The third-order valence-corrected chi connectivity index (χ3v) is 6.23. The molecule has 1 aliphatic heterocycles. The molecule has 118 valence electrons. The fourth-order valence-electron chi connectivity index (χ4n) is 4.61. The molecular formula is C15H26BNO4. The summed E-state index contributed by atoms with van der Waals surface area (Å²) in [6, 6.07) is 0. The summed E-state index contributed by atoms with van der Waals surface area (Å²) in [6.45, 7) is 6.84. The van der Waals surface area contributed by atoms with E-state index in [1.165, 1.54) is 13.5 Å². The van der Waals surface area contributed by atoms with E-state index in [1.54, 1.807) is 0 Å². The van der Waals surface area contributed by atoms with Crippen LogP contribution < -0.4 is 5.73 Å². The van der Waals surface area contributed by atoms with Gasteiger partial charge >= 0.3 is 13.1 Å². The minimum Gasteiger partial charge on any atom is -0.469 e. The van der Waals surface area contributed by atoms with Crippen LogP contribution in [-0.2, 0) is 18.8 Å². The maximum atomic E-state index is 11.2. The lowest BCUT2D eigenvalue weighted by Gasteiger charge is -2.64. The Balaban J connectivity index is 1.63. The lowest BCUT2D eigenvalue weighted by atomic mass is 9.43. The van der Waals surface area contributed by atoms with Gasteiger partial charge in [0.25, 0.3) is 0 Å². The van der Waals surface area contributed by atoms with Crippen molar-refractivity contribution in [3.05, 3.63) is 0 Å². The fraction of sp³-hybridized carbons (Fsp3) is 0.933. The summed E-state index contributed by atoms with van der Waals surface area (Å²) in [4.78, 5) is 11.2. The molecule has 4 aliphatic rings. The topological polar surface area (TPSA) is 70.8 Å². The molecule has 5 atom stereocenters. The van der Waals surface area contributed by atoms with Crippen LogP contribution in [-0.4, -0.2) is 37.8 Å². The highest BCUT2D eigenvalue weighted by Crippen LogP contribution is 2.65. The SMILES string of the molecule is COC(=O)CCC(N)B1O[C@@H]2C[C@@H]3C[C@@H](C3(C)C)[C@]2(C)O1. The van der Waals surface area contributed by atoms with E-state index in [9.17, 15) is 4.79 Å². The maximum absolute atomic E-state index is 11.2. The van der Waals surface area contributed by atoms with Gasteiger partial charge in [0, 0.05) is 12.4 Å². The molecular weight excluding hydrogens is 269 g/mol. The van der Waals surface area contributed by atoms with Crippen molar-refractivity contribution in [1.29, 1.82) is 0 Å². The largest absolute Gasteiger partial charge is 0.475 e. The molecule has 0 aromatic heterocycles. The Morgan fingerprint density at radius 1 is 1.43 bits per heavy atom. The molecule has 4 fully saturated rings. The summed E-state index contributed by atoms with van der Waals surface area (Å²) >= 11 is 0. The molecule has 6 heteroatoms. The van der Waals surface area contributed by atoms with E-state index in [-0.39, 0.29) is 23.6 Å². The van der Waals surface area contributed by atoms with Gasteiger partial charge < -0.3 is 19.8 Å². The molecule has 0 aromatic carbocycles. The molecule has 0 aromatic rings. The van der Waals surface area contributed by atoms with Crippen LogP contribution in [0.2, 0.25) is 0 Å². The zero-order chi connectivity index (χ0) is 15.4. The Morgan fingerprint density at radius 3 is 2.76 bits per heavy atom. The van der Waals surface area contributed by atoms with Crippen LogP contribution in [0.4, 0.5) is 0 Å². The van der Waals surface area contributed by atoms with E-state index in [0.29, 0.717) is 24.2 Å². The molecule has 21 heavy (non-hydrogen) atoms. The normalized spacial score (nSPS) is 41.2. The van der Waals surface area contributed by atoms with Crippen LogP contribution in [0.5, 0.6) is 0 Å². The standard InChI is InChI=1S/C15H26BNO4/c1-14(2)9-7-10(14)15(3)11(8-9)20-16(21-15)12(17)5-6-13(18)19-4/h9-12H,5-8,17H2,1-4H3/t9-,10-,11+,12?,15-/m0/s1. The quantitative estimate of drug-likeness (QED) is 0.629. The predicted molar refractivity (Wildman–Crippen MR) is 79.3 cm³/mol. The Morgan fingerprint density at radius 2 is 2.14 bits per heavy atom. The number of ether oxygens (including phenoxy) is 1. The first-order valence-corrected chi connectivity index (χ1v) is 7.94. The van der Waals surface area contributed by atoms with E-state index in [1.807, 2.05) is 0 Å². The highest BCUT2D eigenvalue weighted by molar-refractivity contribution is 6.47. The molecule has 3 saturated carbocycles. The van der Waals surface area contributed by atoms with Gasteiger partial charge in [-0.15, -0.1) is 0 Å². The fourth-order valence-corrected chi connectivity index (χ4v) is 4.61. The first-order chi connectivity index (χ1) is 9.79. The van der Waals surface area contributed by atoms with Crippen molar-refractivity contribution in [2.24, 2.45) is 23.0 Å². The van der Waals surface area contributed by atoms with Gasteiger partial charge in [0.2, 0.25) is 0 Å². The van der Waals surface area contributed by atoms with Gasteiger partial charge in [0.1, 0.15) is 0 Å². The zero-order valence-electron chi connectivity index (χ0n) is 13.4. The lowest BCUT2D eigenvalue weighted by Crippen LogP contribution is -2.65. The Bertz CT molecular complexity index is 443. The van der Waals surface area contributed by atoms with E-state index in [0.717, 1.165) is 12.3 Å². The molecule has 4 rings (SSSR count). The number of hydrogen-bond acceptors (Lipinski definition) is 5. The Labute approximate surface area is 127 Å². The second-order valence-corrected chi connectivity index (χ2v) is 7.62. The van der Waals surface area contributed by atoms with Crippen molar-refractivity contribution in [2.75, 3.05) is 7.11 Å². The predicted octanol–water partition coefficient (Wildman–Crippen LogP) is 1.53. The van der Waals surface area contributed by atoms with Crippen molar-refractivity contribution in [3.63, 3.8) is 0 Å². The molecule has 5 nitrogen and oxygen atoms in total. The minimum atomic E-state index is -0.403. The first kappa shape index (κ1) is 15.3. The van der Waals surface area contributed by atoms with E-state index >= 15 is 0 Å². The van der Waals surface area contributed by atoms with Crippen LogP contribution in [0.25, 0.3) is 0 Å². The van der Waals surface area contributed by atoms with Crippen molar-refractivity contribution < 1.29 is 18.8 Å². The van der Waals surface area contributed by atoms with Crippen molar-refractivity contribution in [3.8, 4) is 0 Å². The number of carbonyl (C=O) groups excluding carboxylic acids is 1. The van der Waals surface area contributed by atoms with Crippen LogP contribution in [0.1, 0.15) is 46.5 Å². The summed E-state index contributed by atoms with van der Waals surface area (Å²) in [5.41, 5.74) is 6.27.